The summed E-state index contributed by atoms with van der Waals surface area (Å²) in [6, 6.07) is 8.71. The molecule has 0 fully saturated rings. The Hall–Kier alpha value is -2.96. The van der Waals surface area contributed by atoms with Gasteiger partial charge in [-0.15, -0.1) is 0 Å². The molecule has 7 nitrogen and oxygen atoms in total. The summed E-state index contributed by atoms with van der Waals surface area (Å²) in [5, 5.41) is 3.08. The molecule has 0 saturated heterocycles. The number of aromatic nitrogens is 1. The van der Waals surface area contributed by atoms with Crippen molar-refractivity contribution in [2.24, 2.45) is 5.73 Å². The minimum Gasteiger partial charge on any atom is -0.454 e. The van der Waals surface area contributed by atoms with Crippen LogP contribution < -0.4 is 26.3 Å². The Bertz CT molecular complexity index is 703. The Morgan fingerprint density at radius 2 is 2.05 bits per heavy atom. The second-order valence-electron chi connectivity index (χ2n) is 4.54. The maximum atomic E-state index is 11.1. The van der Waals surface area contributed by atoms with E-state index in [1.807, 2.05) is 18.2 Å². The molecule has 0 bridgehead atoms. The first kappa shape index (κ1) is 13.0. The third-order valence-electron chi connectivity index (χ3n) is 3.08. The van der Waals surface area contributed by atoms with E-state index in [4.69, 9.17) is 20.9 Å². The quantitative estimate of drug-likeness (QED) is 0.776. The SMILES string of the molecule is NC(=O)c1ccc(N)c(NCc2ccc3c(c2)OCO3)n1. The van der Waals surface area contributed by atoms with E-state index in [0.717, 1.165) is 11.3 Å². The van der Waals surface area contributed by atoms with E-state index in [2.05, 4.69) is 10.3 Å². The fraction of sp³-hybridized carbons (Fsp3) is 0.143. The van der Waals surface area contributed by atoms with Gasteiger partial charge in [0.2, 0.25) is 6.79 Å². The molecule has 0 aliphatic carbocycles. The maximum absolute atomic E-state index is 11.1. The number of primary amides is 1. The predicted octanol–water partition coefficient (Wildman–Crippen LogP) is 1.10. The highest BCUT2D eigenvalue weighted by molar-refractivity contribution is 5.91. The van der Waals surface area contributed by atoms with Crippen molar-refractivity contribution in [1.82, 2.24) is 4.98 Å². The number of nitrogens with two attached hydrogens (primary N) is 2. The molecular formula is C14H14N4O3. The molecule has 108 valence electrons. The zero-order chi connectivity index (χ0) is 14.8. The van der Waals surface area contributed by atoms with E-state index in [9.17, 15) is 4.79 Å². The van der Waals surface area contributed by atoms with Crippen molar-refractivity contribution in [3.8, 4) is 11.5 Å². The minimum atomic E-state index is -0.596. The summed E-state index contributed by atoms with van der Waals surface area (Å²) < 4.78 is 10.6. The number of nitrogen functional groups attached to an aromatic ring is 1. The molecule has 0 unspecified atom stereocenters. The second kappa shape index (κ2) is 5.20. The number of carbonyl (C=O) groups excluding carboxylic acids is 1. The van der Waals surface area contributed by atoms with E-state index in [1.54, 1.807) is 6.07 Å². The van der Waals surface area contributed by atoms with E-state index in [0.29, 0.717) is 23.8 Å². The predicted molar refractivity (Wildman–Crippen MR) is 77.1 cm³/mol. The molecule has 21 heavy (non-hydrogen) atoms. The number of hydrogen-bond acceptors (Lipinski definition) is 6. The molecule has 0 radical (unpaired) electrons. The number of nitrogens with one attached hydrogen (secondary N) is 1. The van der Waals surface area contributed by atoms with Gasteiger partial charge in [0, 0.05) is 6.54 Å². The monoisotopic (exact) mass is 286 g/mol. The van der Waals surface area contributed by atoms with Crippen molar-refractivity contribution in [2.45, 2.75) is 6.54 Å². The number of rotatable bonds is 4. The summed E-state index contributed by atoms with van der Waals surface area (Å²) in [5.41, 5.74) is 12.6. The van der Waals surface area contributed by atoms with Gasteiger partial charge in [0.1, 0.15) is 11.5 Å². The molecule has 0 spiro atoms. The largest absolute Gasteiger partial charge is 0.454 e. The van der Waals surface area contributed by atoms with Crippen molar-refractivity contribution in [3.63, 3.8) is 0 Å². The van der Waals surface area contributed by atoms with Gasteiger partial charge in [0.25, 0.3) is 5.91 Å². The average molecular weight is 286 g/mol. The highest BCUT2D eigenvalue weighted by Crippen LogP contribution is 2.32. The lowest BCUT2D eigenvalue weighted by Gasteiger charge is -2.09. The van der Waals surface area contributed by atoms with Crippen LogP contribution >= 0.6 is 0 Å². The molecule has 3 rings (SSSR count). The van der Waals surface area contributed by atoms with E-state index < -0.39 is 5.91 Å². The molecule has 5 N–H and O–H groups in total. The van der Waals surface area contributed by atoms with Gasteiger partial charge in [0.05, 0.1) is 5.69 Å². The van der Waals surface area contributed by atoms with Crippen LogP contribution in [0.1, 0.15) is 16.1 Å². The van der Waals surface area contributed by atoms with Crippen LogP contribution in [0.2, 0.25) is 0 Å². The highest BCUT2D eigenvalue weighted by Gasteiger charge is 2.13. The molecule has 1 aliphatic rings. The van der Waals surface area contributed by atoms with Gasteiger partial charge in [0.15, 0.2) is 11.5 Å². The van der Waals surface area contributed by atoms with E-state index in [-0.39, 0.29) is 12.5 Å². The van der Waals surface area contributed by atoms with Gasteiger partial charge in [-0.05, 0) is 29.8 Å². The molecule has 0 atom stereocenters. The van der Waals surface area contributed by atoms with Crippen molar-refractivity contribution >= 4 is 17.4 Å². The summed E-state index contributed by atoms with van der Waals surface area (Å²) in [7, 11) is 0. The number of ether oxygens (including phenoxy) is 2. The summed E-state index contributed by atoms with van der Waals surface area (Å²) in [6.07, 6.45) is 0. The summed E-state index contributed by atoms with van der Waals surface area (Å²) in [4.78, 5) is 15.2. The fourth-order valence-electron chi connectivity index (χ4n) is 1.99. The number of anilines is 2. The lowest BCUT2D eigenvalue weighted by Crippen LogP contribution is -2.15. The van der Waals surface area contributed by atoms with Gasteiger partial charge in [-0.2, -0.15) is 0 Å². The van der Waals surface area contributed by atoms with Gasteiger partial charge >= 0.3 is 0 Å². The average Bonchev–Trinajstić information content (AvgIpc) is 2.93. The van der Waals surface area contributed by atoms with E-state index in [1.165, 1.54) is 6.07 Å². The number of fused-ring (bicyclic) bond motifs is 1. The highest BCUT2D eigenvalue weighted by atomic mass is 16.7. The van der Waals surface area contributed by atoms with Crippen LogP contribution in [0.25, 0.3) is 0 Å². The number of amides is 1. The lowest BCUT2D eigenvalue weighted by molar-refractivity contribution is 0.0995. The summed E-state index contributed by atoms with van der Waals surface area (Å²) in [5.74, 6) is 1.26. The first-order valence-corrected chi connectivity index (χ1v) is 6.32. The third kappa shape index (κ3) is 2.66. The molecule has 0 saturated carbocycles. The molecule has 1 amide bonds. The molecule has 1 aromatic carbocycles. The first-order valence-electron chi connectivity index (χ1n) is 6.32. The number of pyridine rings is 1. The molecule has 1 aliphatic heterocycles. The normalized spacial score (nSPS) is 12.2. The van der Waals surface area contributed by atoms with Crippen molar-refractivity contribution in [2.75, 3.05) is 17.8 Å². The Kier molecular flexibility index (Phi) is 3.23. The zero-order valence-corrected chi connectivity index (χ0v) is 11.1. The van der Waals surface area contributed by atoms with Crippen molar-refractivity contribution in [3.05, 3.63) is 41.6 Å². The number of hydrogen-bond donors (Lipinski definition) is 3. The molecule has 2 aromatic rings. The van der Waals surface area contributed by atoms with E-state index >= 15 is 0 Å². The second-order valence-corrected chi connectivity index (χ2v) is 4.54. The Labute approximate surface area is 120 Å². The minimum absolute atomic E-state index is 0.164. The molecule has 1 aromatic heterocycles. The van der Waals surface area contributed by atoms with Crippen LogP contribution in [0, 0.1) is 0 Å². The van der Waals surface area contributed by atoms with Crippen LogP contribution in [0.15, 0.2) is 30.3 Å². The molecule has 2 heterocycles. The topological polar surface area (TPSA) is 112 Å². The number of carbonyl (C=O) groups is 1. The van der Waals surface area contributed by atoms with Crippen LogP contribution in [-0.4, -0.2) is 17.7 Å². The summed E-state index contributed by atoms with van der Waals surface area (Å²) >= 11 is 0. The number of benzene rings is 1. The zero-order valence-electron chi connectivity index (χ0n) is 11.1. The Morgan fingerprint density at radius 3 is 2.86 bits per heavy atom. The third-order valence-corrected chi connectivity index (χ3v) is 3.08. The van der Waals surface area contributed by atoms with Crippen LogP contribution in [0.3, 0.4) is 0 Å². The Balaban J connectivity index is 1.75. The lowest BCUT2D eigenvalue weighted by atomic mass is 10.2. The van der Waals surface area contributed by atoms with Crippen LogP contribution in [0.5, 0.6) is 11.5 Å². The Morgan fingerprint density at radius 1 is 1.24 bits per heavy atom. The fourth-order valence-corrected chi connectivity index (χ4v) is 1.99. The van der Waals surface area contributed by atoms with Crippen molar-refractivity contribution in [1.29, 1.82) is 0 Å². The standard InChI is InChI=1S/C14H14N4O3/c15-9-2-3-10(13(16)19)18-14(9)17-6-8-1-4-11-12(5-8)21-7-20-11/h1-5H,6-7,15H2,(H2,16,19)(H,17,18). The smallest absolute Gasteiger partial charge is 0.267 e. The van der Waals surface area contributed by atoms with Crippen molar-refractivity contribution < 1.29 is 14.3 Å². The van der Waals surface area contributed by atoms with Crippen LogP contribution in [-0.2, 0) is 6.54 Å². The van der Waals surface area contributed by atoms with Gasteiger partial charge in [-0.3, -0.25) is 4.79 Å². The van der Waals surface area contributed by atoms with Crippen LogP contribution in [0.4, 0.5) is 11.5 Å². The number of nitrogens with zero attached hydrogens (tertiary/aromatic N) is 1. The maximum Gasteiger partial charge on any atom is 0.267 e. The van der Waals surface area contributed by atoms with Gasteiger partial charge in [-0.1, -0.05) is 6.07 Å². The van der Waals surface area contributed by atoms with Gasteiger partial charge < -0.3 is 26.3 Å². The van der Waals surface area contributed by atoms with Gasteiger partial charge in [-0.25, -0.2) is 4.98 Å². The molecule has 7 heteroatoms. The summed E-state index contributed by atoms with van der Waals surface area (Å²) in [6.45, 7) is 0.720. The molecular weight excluding hydrogens is 272 g/mol. The first-order chi connectivity index (χ1) is 10.1.